The Balaban J connectivity index is 2.41. The highest BCUT2D eigenvalue weighted by Crippen LogP contribution is 2.24. The summed E-state index contributed by atoms with van der Waals surface area (Å²) in [6.07, 6.45) is -6.23. The molecule has 0 bridgehead atoms. The van der Waals surface area contributed by atoms with E-state index in [1.165, 1.54) is 19.1 Å². The van der Waals surface area contributed by atoms with E-state index in [-0.39, 0.29) is 18.1 Å². The molecule has 0 spiro atoms. The Morgan fingerprint density at radius 3 is 2.71 bits per heavy atom. The second kappa shape index (κ2) is 7.51. The summed E-state index contributed by atoms with van der Waals surface area (Å²) < 4.78 is 40.9. The van der Waals surface area contributed by atoms with Crippen molar-refractivity contribution >= 4 is 28.9 Å². The number of ether oxygens (including phenoxy) is 1. The Hall–Kier alpha value is -1.47. The van der Waals surface area contributed by atoms with Crippen LogP contribution >= 0.6 is 11.6 Å². The highest BCUT2D eigenvalue weighted by molar-refractivity contribution is 6.34. The topological polar surface area (TPSA) is 64.3 Å². The van der Waals surface area contributed by atoms with E-state index in [0.29, 0.717) is 11.4 Å². The number of amides is 1. The largest absolute Gasteiger partial charge is 0.399 e. The van der Waals surface area contributed by atoms with Crippen molar-refractivity contribution < 1.29 is 22.7 Å². The SMILES string of the molecule is CC(OCCCC(F)(F)F)C(=O)Nc1ccc(N)cc1Cl. The van der Waals surface area contributed by atoms with Crippen LogP contribution < -0.4 is 11.1 Å². The average Bonchev–Trinajstić information content (AvgIpc) is 2.36. The van der Waals surface area contributed by atoms with Crippen molar-refractivity contribution in [2.24, 2.45) is 0 Å². The number of anilines is 2. The zero-order valence-corrected chi connectivity index (χ0v) is 12.1. The van der Waals surface area contributed by atoms with Gasteiger partial charge in [0.05, 0.1) is 10.7 Å². The number of carbonyl (C=O) groups is 1. The fourth-order valence-corrected chi connectivity index (χ4v) is 1.71. The zero-order chi connectivity index (χ0) is 16.0. The summed E-state index contributed by atoms with van der Waals surface area (Å²) in [5.41, 5.74) is 6.34. The molecule has 8 heteroatoms. The fourth-order valence-electron chi connectivity index (χ4n) is 1.48. The van der Waals surface area contributed by atoms with Gasteiger partial charge < -0.3 is 15.8 Å². The van der Waals surface area contributed by atoms with Crippen LogP contribution in [0.4, 0.5) is 24.5 Å². The van der Waals surface area contributed by atoms with Crippen LogP contribution in [0.15, 0.2) is 18.2 Å². The summed E-state index contributed by atoms with van der Waals surface area (Å²) >= 11 is 5.89. The van der Waals surface area contributed by atoms with Gasteiger partial charge in [0.2, 0.25) is 0 Å². The van der Waals surface area contributed by atoms with Crippen LogP contribution in [0.5, 0.6) is 0 Å². The molecule has 3 N–H and O–H groups in total. The molecule has 1 aromatic carbocycles. The Morgan fingerprint density at radius 1 is 1.48 bits per heavy atom. The second-order valence-electron chi connectivity index (χ2n) is 4.46. The Labute approximate surface area is 125 Å². The molecule has 0 aliphatic carbocycles. The summed E-state index contributed by atoms with van der Waals surface area (Å²) in [5.74, 6) is -0.492. The molecular formula is C13H16ClF3N2O2. The molecule has 0 aromatic heterocycles. The summed E-state index contributed by atoms with van der Waals surface area (Å²) in [4.78, 5) is 11.8. The average molecular weight is 325 g/mol. The van der Waals surface area contributed by atoms with E-state index in [2.05, 4.69) is 5.32 Å². The minimum Gasteiger partial charge on any atom is -0.399 e. The molecule has 21 heavy (non-hydrogen) atoms. The number of nitrogen functional groups attached to an aromatic ring is 1. The summed E-state index contributed by atoms with van der Waals surface area (Å²) in [6.45, 7) is 1.30. The molecule has 0 aliphatic rings. The minimum absolute atomic E-state index is 0.149. The number of hydrogen-bond donors (Lipinski definition) is 2. The Morgan fingerprint density at radius 2 is 2.14 bits per heavy atom. The monoisotopic (exact) mass is 324 g/mol. The molecule has 1 amide bonds. The van der Waals surface area contributed by atoms with Gasteiger partial charge in [-0.15, -0.1) is 0 Å². The number of nitrogens with one attached hydrogen (secondary N) is 1. The maximum atomic E-state index is 11.9. The van der Waals surface area contributed by atoms with Crippen molar-refractivity contribution in [1.29, 1.82) is 0 Å². The summed E-state index contributed by atoms with van der Waals surface area (Å²) in [6, 6.07) is 4.58. The van der Waals surface area contributed by atoms with Gasteiger partial charge in [0, 0.05) is 18.7 Å². The molecule has 0 aliphatic heterocycles. The molecule has 0 fully saturated rings. The first-order valence-electron chi connectivity index (χ1n) is 6.23. The molecule has 118 valence electrons. The summed E-state index contributed by atoms with van der Waals surface area (Å²) in [5, 5.41) is 2.79. The fraction of sp³-hybridized carbons (Fsp3) is 0.462. The van der Waals surface area contributed by atoms with E-state index in [1.54, 1.807) is 6.07 Å². The smallest absolute Gasteiger partial charge is 0.389 e. The number of rotatable bonds is 6. The van der Waals surface area contributed by atoms with Crippen molar-refractivity contribution in [2.75, 3.05) is 17.7 Å². The van der Waals surface area contributed by atoms with Gasteiger partial charge in [-0.05, 0) is 31.5 Å². The molecule has 4 nitrogen and oxygen atoms in total. The van der Waals surface area contributed by atoms with Crippen LogP contribution in [0.1, 0.15) is 19.8 Å². The maximum absolute atomic E-state index is 11.9. The number of benzene rings is 1. The summed E-state index contributed by atoms with van der Waals surface area (Å²) in [7, 11) is 0. The first-order chi connectivity index (χ1) is 9.69. The van der Waals surface area contributed by atoms with Gasteiger partial charge in [-0.25, -0.2) is 0 Å². The number of alkyl halides is 3. The lowest BCUT2D eigenvalue weighted by Crippen LogP contribution is -2.28. The van der Waals surface area contributed by atoms with E-state index >= 15 is 0 Å². The van der Waals surface area contributed by atoms with Crippen LogP contribution in [-0.2, 0) is 9.53 Å². The third kappa shape index (κ3) is 6.68. The van der Waals surface area contributed by atoms with Crippen molar-refractivity contribution in [3.8, 4) is 0 Å². The van der Waals surface area contributed by atoms with E-state index in [0.717, 1.165) is 0 Å². The van der Waals surface area contributed by atoms with Crippen LogP contribution in [0.25, 0.3) is 0 Å². The molecule has 1 aromatic rings. The van der Waals surface area contributed by atoms with Gasteiger partial charge in [0.1, 0.15) is 6.10 Å². The van der Waals surface area contributed by atoms with Crippen LogP contribution in [0.3, 0.4) is 0 Å². The minimum atomic E-state index is -4.22. The molecule has 0 saturated carbocycles. The van der Waals surface area contributed by atoms with Crippen molar-refractivity contribution in [1.82, 2.24) is 0 Å². The van der Waals surface area contributed by atoms with Crippen molar-refractivity contribution in [3.63, 3.8) is 0 Å². The second-order valence-corrected chi connectivity index (χ2v) is 4.87. The molecule has 0 radical (unpaired) electrons. The van der Waals surface area contributed by atoms with Crippen LogP contribution in [0.2, 0.25) is 5.02 Å². The third-order valence-corrected chi connectivity index (χ3v) is 2.91. The van der Waals surface area contributed by atoms with Crippen LogP contribution in [0, 0.1) is 0 Å². The number of nitrogens with two attached hydrogens (primary N) is 1. The van der Waals surface area contributed by atoms with E-state index in [9.17, 15) is 18.0 Å². The Kier molecular flexibility index (Phi) is 6.29. The molecule has 1 atom stereocenters. The number of halogens is 4. The van der Waals surface area contributed by atoms with Gasteiger partial charge in [0.15, 0.2) is 0 Å². The van der Waals surface area contributed by atoms with E-state index < -0.39 is 24.6 Å². The number of carbonyl (C=O) groups excluding carboxylic acids is 1. The maximum Gasteiger partial charge on any atom is 0.389 e. The predicted octanol–water partition coefficient (Wildman–Crippen LogP) is 3.61. The van der Waals surface area contributed by atoms with Gasteiger partial charge in [-0.1, -0.05) is 11.6 Å². The lowest BCUT2D eigenvalue weighted by atomic mass is 10.2. The quantitative estimate of drug-likeness (QED) is 0.620. The van der Waals surface area contributed by atoms with Gasteiger partial charge in [-0.3, -0.25) is 4.79 Å². The van der Waals surface area contributed by atoms with Gasteiger partial charge in [0.25, 0.3) is 5.91 Å². The van der Waals surface area contributed by atoms with Crippen molar-refractivity contribution in [3.05, 3.63) is 23.2 Å². The number of hydrogen-bond acceptors (Lipinski definition) is 3. The van der Waals surface area contributed by atoms with Crippen molar-refractivity contribution in [2.45, 2.75) is 32.0 Å². The van der Waals surface area contributed by atoms with E-state index in [1.807, 2.05) is 0 Å². The lowest BCUT2D eigenvalue weighted by Gasteiger charge is -2.14. The normalized spacial score (nSPS) is 13.0. The van der Waals surface area contributed by atoms with Gasteiger partial charge in [-0.2, -0.15) is 13.2 Å². The lowest BCUT2D eigenvalue weighted by molar-refractivity contribution is -0.140. The zero-order valence-electron chi connectivity index (χ0n) is 11.3. The van der Waals surface area contributed by atoms with E-state index in [4.69, 9.17) is 22.1 Å². The van der Waals surface area contributed by atoms with Gasteiger partial charge >= 0.3 is 6.18 Å². The first kappa shape index (κ1) is 17.6. The standard InChI is InChI=1S/C13H16ClF3N2O2/c1-8(21-6-2-5-13(15,16)17)12(20)19-11-4-3-9(18)7-10(11)14/h3-4,7-8H,2,5-6,18H2,1H3,(H,19,20). The predicted molar refractivity (Wildman–Crippen MR) is 75.2 cm³/mol. The molecular weight excluding hydrogens is 309 g/mol. The molecule has 0 saturated heterocycles. The molecule has 1 rings (SSSR count). The third-order valence-electron chi connectivity index (χ3n) is 2.59. The Bertz CT molecular complexity index is 495. The first-order valence-corrected chi connectivity index (χ1v) is 6.61. The van der Waals surface area contributed by atoms with Crippen LogP contribution in [-0.4, -0.2) is 24.8 Å². The highest BCUT2D eigenvalue weighted by Gasteiger charge is 2.26. The molecule has 1 unspecified atom stereocenters. The molecule has 0 heterocycles. The highest BCUT2D eigenvalue weighted by atomic mass is 35.5.